The zero-order valence-electron chi connectivity index (χ0n) is 10.6. The highest BCUT2D eigenvalue weighted by Gasteiger charge is 2.17. The van der Waals surface area contributed by atoms with Gasteiger partial charge in [0.25, 0.3) is 0 Å². The van der Waals surface area contributed by atoms with Crippen LogP contribution in [0.4, 0.5) is 0 Å². The lowest BCUT2D eigenvalue weighted by Crippen LogP contribution is -2.29. The van der Waals surface area contributed by atoms with Crippen molar-refractivity contribution >= 4 is 16.9 Å². The first-order valence-electron chi connectivity index (χ1n) is 6.39. The number of amidine groups is 1. The molecule has 0 N–H and O–H groups in total. The van der Waals surface area contributed by atoms with Crippen LogP contribution in [0.2, 0.25) is 0 Å². The van der Waals surface area contributed by atoms with Crippen LogP contribution in [0.3, 0.4) is 0 Å². The van der Waals surface area contributed by atoms with Gasteiger partial charge in [0.1, 0.15) is 11.5 Å². The highest BCUT2D eigenvalue weighted by atomic mass is 32.2. The Labute approximate surface area is 116 Å². The predicted molar refractivity (Wildman–Crippen MR) is 76.0 cm³/mol. The van der Waals surface area contributed by atoms with Crippen LogP contribution in [0, 0.1) is 0 Å². The van der Waals surface area contributed by atoms with Gasteiger partial charge in [0.15, 0.2) is 5.17 Å². The number of furan rings is 2. The maximum Gasteiger partial charge on any atom is 0.160 e. The molecular formula is C14H16N2O2S. The lowest BCUT2D eigenvalue weighted by molar-refractivity contribution is 0.329. The van der Waals surface area contributed by atoms with Gasteiger partial charge in [0, 0.05) is 12.3 Å². The van der Waals surface area contributed by atoms with Gasteiger partial charge in [-0.15, -0.1) is 0 Å². The quantitative estimate of drug-likeness (QED) is 0.858. The molecule has 0 fully saturated rings. The van der Waals surface area contributed by atoms with Crippen molar-refractivity contribution in [2.75, 3.05) is 12.3 Å². The minimum absolute atomic E-state index is 0.722. The van der Waals surface area contributed by atoms with Crippen LogP contribution in [0.5, 0.6) is 0 Å². The summed E-state index contributed by atoms with van der Waals surface area (Å²) in [5.41, 5.74) is 0. The second-order valence-corrected chi connectivity index (χ2v) is 5.44. The van der Waals surface area contributed by atoms with Gasteiger partial charge in [-0.25, -0.2) is 0 Å². The summed E-state index contributed by atoms with van der Waals surface area (Å²) in [6.07, 6.45) is 4.57. The normalized spacial score (nSPS) is 15.3. The summed E-state index contributed by atoms with van der Waals surface area (Å²) >= 11 is 1.81. The number of rotatable bonds is 4. The molecule has 1 aliphatic heterocycles. The summed E-state index contributed by atoms with van der Waals surface area (Å²) in [6.45, 7) is 2.36. The summed E-state index contributed by atoms with van der Waals surface area (Å²) in [5.74, 6) is 3.02. The molecule has 0 unspecified atom stereocenters. The summed E-state index contributed by atoms with van der Waals surface area (Å²) < 4.78 is 10.9. The van der Waals surface area contributed by atoms with Crippen LogP contribution in [-0.2, 0) is 13.1 Å². The average Bonchev–Trinajstić information content (AvgIpc) is 3.12. The van der Waals surface area contributed by atoms with Crippen molar-refractivity contribution < 1.29 is 8.83 Å². The topological polar surface area (TPSA) is 41.9 Å². The SMILES string of the molecule is c1coc(CN(Cc2ccco2)C2=NCCCS2)c1. The highest BCUT2D eigenvalue weighted by molar-refractivity contribution is 8.13. The maximum atomic E-state index is 5.44. The van der Waals surface area contributed by atoms with Gasteiger partial charge in [0.2, 0.25) is 0 Å². The molecule has 3 heterocycles. The number of hydrogen-bond donors (Lipinski definition) is 0. The van der Waals surface area contributed by atoms with E-state index in [0.29, 0.717) is 0 Å². The molecule has 0 bridgehead atoms. The fourth-order valence-corrected chi connectivity index (χ4v) is 2.96. The van der Waals surface area contributed by atoms with E-state index < -0.39 is 0 Å². The van der Waals surface area contributed by atoms with E-state index in [1.165, 1.54) is 0 Å². The Hall–Kier alpha value is -1.62. The molecule has 0 saturated heterocycles. The molecule has 0 spiro atoms. The second-order valence-electron chi connectivity index (χ2n) is 4.38. The van der Waals surface area contributed by atoms with Gasteiger partial charge in [-0.1, -0.05) is 11.8 Å². The van der Waals surface area contributed by atoms with Crippen LogP contribution < -0.4 is 0 Å². The van der Waals surface area contributed by atoms with E-state index in [4.69, 9.17) is 8.83 Å². The Bertz CT molecular complexity index is 483. The minimum Gasteiger partial charge on any atom is -0.467 e. The third kappa shape index (κ3) is 3.23. The van der Waals surface area contributed by atoms with Crippen molar-refractivity contribution in [1.29, 1.82) is 0 Å². The lowest BCUT2D eigenvalue weighted by atomic mass is 10.3. The molecule has 0 saturated carbocycles. The summed E-state index contributed by atoms with van der Waals surface area (Å²) in [4.78, 5) is 6.82. The van der Waals surface area contributed by atoms with Crippen LogP contribution in [0.1, 0.15) is 17.9 Å². The van der Waals surface area contributed by atoms with Gasteiger partial charge in [0.05, 0.1) is 25.6 Å². The molecule has 0 aromatic carbocycles. The van der Waals surface area contributed by atoms with Gasteiger partial charge < -0.3 is 13.7 Å². The Morgan fingerprint density at radius 1 is 1.11 bits per heavy atom. The molecule has 100 valence electrons. The highest BCUT2D eigenvalue weighted by Crippen LogP contribution is 2.20. The first-order chi connectivity index (χ1) is 9.42. The maximum absolute atomic E-state index is 5.44. The van der Waals surface area contributed by atoms with E-state index in [2.05, 4.69) is 9.89 Å². The number of nitrogens with zero attached hydrogens (tertiary/aromatic N) is 2. The zero-order valence-corrected chi connectivity index (χ0v) is 11.4. The fourth-order valence-electron chi connectivity index (χ4n) is 2.01. The Morgan fingerprint density at radius 2 is 1.79 bits per heavy atom. The smallest absolute Gasteiger partial charge is 0.160 e. The van der Waals surface area contributed by atoms with Crippen LogP contribution in [0.25, 0.3) is 0 Å². The second kappa shape index (κ2) is 6.02. The predicted octanol–water partition coefficient (Wildman–Crippen LogP) is 3.37. The first kappa shape index (κ1) is 12.4. The zero-order chi connectivity index (χ0) is 12.9. The molecule has 1 aliphatic rings. The van der Waals surface area contributed by atoms with Crippen molar-refractivity contribution in [1.82, 2.24) is 4.90 Å². The number of thioether (sulfide) groups is 1. The standard InChI is InChI=1S/C14H16N2O2S/c1-4-12(17-7-1)10-16(11-13-5-2-8-18-13)14-15-6-3-9-19-14/h1-2,4-5,7-8H,3,6,9-11H2. The minimum atomic E-state index is 0.722. The fraction of sp³-hybridized carbons (Fsp3) is 0.357. The summed E-state index contributed by atoms with van der Waals surface area (Å²) in [5, 5.41) is 1.08. The molecule has 2 aromatic rings. The average molecular weight is 276 g/mol. The molecule has 0 aliphatic carbocycles. The first-order valence-corrected chi connectivity index (χ1v) is 7.37. The molecule has 19 heavy (non-hydrogen) atoms. The van der Waals surface area contributed by atoms with Crippen molar-refractivity contribution in [2.45, 2.75) is 19.5 Å². The Morgan fingerprint density at radius 3 is 2.26 bits per heavy atom. The van der Waals surface area contributed by atoms with Crippen LogP contribution in [-0.4, -0.2) is 22.4 Å². The summed E-state index contributed by atoms with van der Waals surface area (Å²) in [6, 6.07) is 7.80. The van der Waals surface area contributed by atoms with E-state index in [1.807, 2.05) is 36.0 Å². The number of hydrogen-bond acceptors (Lipinski definition) is 5. The van der Waals surface area contributed by atoms with Crippen molar-refractivity contribution in [2.24, 2.45) is 4.99 Å². The van der Waals surface area contributed by atoms with Crippen LogP contribution in [0.15, 0.2) is 50.6 Å². The Kier molecular flexibility index (Phi) is 3.93. The third-order valence-electron chi connectivity index (χ3n) is 2.90. The van der Waals surface area contributed by atoms with Gasteiger partial charge in [-0.3, -0.25) is 4.99 Å². The molecule has 0 amide bonds. The molecular weight excluding hydrogens is 260 g/mol. The number of aliphatic imine (C=N–C) groups is 1. The van der Waals surface area contributed by atoms with Crippen molar-refractivity contribution in [3.05, 3.63) is 48.3 Å². The van der Waals surface area contributed by atoms with E-state index >= 15 is 0 Å². The third-order valence-corrected chi connectivity index (χ3v) is 4.04. The molecule has 2 aromatic heterocycles. The van der Waals surface area contributed by atoms with Gasteiger partial charge in [-0.2, -0.15) is 0 Å². The molecule has 5 heteroatoms. The van der Waals surface area contributed by atoms with Gasteiger partial charge >= 0.3 is 0 Å². The van der Waals surface area contributed by atoms with E-state index in [0.717, 1.165) is 48.5 Å². The largest absolute Gasteiger partial charge is 0.467 e. The van der Waals surface area contributed by atoms with E-state index in [9.17, 15) is 0 Å². The summed E-state index contributed by atoms with van der Waals surface area (Å²) in [7, 11) is 0. The Balaban J connectivity index is 1.76. The van der Waals surface area contributed by atoms with Crippen molar-refractivity contribution in [3.8, 4) is 0 Å². The molecule has 4 nitrogen and oxygen atoms in total. The monoisotopic (exact) mass is 276 g/mol. The molecule has 0 radical (unpaired) electrons. The molecule has 3 rings (SSSR count). The van der Waals surface area contributed by atoms with Gasteiger partial charge in [-0.05, 0) is 30.7 Å². The van der Waals surface area contributed by atoms with Crippen LogP contribution >= 0.6 is 11.8 Å². The van der Waals surface area contributed by atoms with E-state index in [-0.39, 0.29) is 0 Å². The van der Waals surface area contributed by atoms with E-state index in [1.54, 1.807) is 12.5 Å². The lowest BCUT2D eigenvalue weighted by Gasteiger charge is -2.25. The van der Waals surface area contributed by atoms with Crippen molar-refractivity contribution in [3.63, 3.8) is 0 Å². The molecule has 0 atom stereocenters.